The van der Waals surface area contributed by atoms with Gasteiger partial charge in [0.05, 0.1) is 13.2 Å². The molecule has 7 heteroatoms. The van der Waals surface area contributed by atoms with Gasteiger partial charge in [-0.3, -0.25) is 4.79 Å². The summed E-state index contributed by atoms with van der Waals surface area (Å²) in [6.45, 7) is 8.36. The van der Waals surface area contributed by atoms with Gasteiger partial charge < -0.3 is 15.0 Å². The van der Waals surface area contributed by atoms with Crippen molar-refractivity contribution in [3.63, 3.8) is 0 Å². The topological polar surface area (TPSA) is 83.0 Å². The number of thioether (sulfide) groups is 1. The van der Waals surface area contributed by atoms with Gasteiger partial charge in [0.2, 0.25) is 0 Å². The van der Waals surface area contributed by atoms with Gasteiger partial charge in [-0.2, -0.15) is 0 Å². The highest BCUT2D eigenvalue weighted by atomic mass is 32.2. The van der Waals surface area contributed by atoms with Crippen LogP contribution in [0.2, 0.25) is 0 Å². The van der Waals surface area contributed by atoms with E-state index in [4.69, 9.17) is 10.5 Å². The standard InChI is InChI=1S/C11H20N4O2S/c1-5-17-10(16)8(4)18-11-14-13-9(6-12)15(11)7(2)3/h7-8H,5-6,12H2,1-4H3. The zero-order valence-corrected chi connectivity index (χ0v) is 12.0. The molecule has 0 radical (unpaired) electrons. The van der Waals surface area contributed by atoms with Gasteiger partial charge in [-0.15, -0.1) is 10.2 Å². The number of aromatic nitrogens is 3. The molecule has 18 heavy (non-hydrogen) atoms. The van der Waals surface area contributed by atoms with Crippen LogP contribution < -0.4 is 5.73 Å². The molecule has 1 atom stereocenters. The van der Waals surface area contributed by atoms with E-state index in [0.29, 0.717) is 18.3 Å². The lowest BCUT2D eigenvalue weighted by Crippen LogP contribution is -2.18. The minimum Gasteiger partial charge on any atom is -0.465 e. The largest absolute Gasteiger partial charge is 0.465 e. The molecule has 0 aliphatic carbocycles. The van der Waals surface area contributed by atoms with Crippen LogP contribution in [0.5, 0.6) is 0 Å². The van der Waals surface area contributed by atoms with E-state index in [1.807, 2.05) is 18.4 Å². The molecule has 0 fully saturated rings. The fourth-order valence-corrected chi connectivity index (χ4v) is 2.51. The Hall–Kier alpha value is -1.08. The summed E-state index contributed by atoms with van der Waals surface area (Å²) in [6.07, 6.45) is 0. The lowest BCUT2D eigenvalue weighted by atomic mass is 10.4. The predicted octanol–water partition coefficient (Wildman–Crippen LogP) is 1.36. The van der Waals surface area contributed by atoms with Crippen molar-refractivity contribution in [2.45, 2.75) is 50.7 Å². The first kappa shape index (κ1) is 15.0. The molecule has 102 valence electrons. The Morgan fingerprint density at radius 2 is 2.11 bits per heavy atom. The van der Waals surface area contributed by atoms with Crippen LogP contribution in [0.25, 0.3) is 0 Å². The highest BCUT2D eigenvalue weighted by Gasteiger charge is 2.21. The number of rotatable bonds is 6. The van der Waals surface area contributed by atoms with Crippen molar-refractivity contribution in [2.75, 3.05) is 6.61 Å². The molecule has 6 nitrogen and oxygen atoms in total. The lowest BCUT2D eigenvalue weighted by Gasteiger charge is -2.14. The molecule has 1 aromatic rings. The Morgan fingerprint density at radius 3 is 2.61 bits per heavy atom. The van der Waals surface area contributed by atoms with Crippen LogP contribution in [0.3, 0.4) is 0 Å². The normalized spacial score (nSPS) is 12.8. The van der Waals surface area contributed by atoms with Crippen molar-refractivity contribution in [2.24, 2.45) is 5.73 Å². The number of nitrogens with zero attached hydrogens (tertiary/aromatic N) is 3. The van der Waals surface area contributed by atoms with Crippen molar-refractivity contribution in [3.8, 4) is 0 Å². The number of esters is 1. The van der Waals surface area contributed by atoms with Gasteiger partial charge in [-0.25, -0.2) is 0 Å². The van der Waals surface area contributed by atoms with Crippen molar-refractivity contribution < 1.29 is 9.53 Å². The molecule has 0 spiro atoms. The maximum Gasteiger partial charge on any atom is 0.319 e. The number of hydrogen-bond acceptors (Lipinski definition) is 6. The van der Waals surface area contributed by atoms with Crippen molar-refractivity contribution >= 4 is 17.7 Å². The first-order valence-electron chi connectivity index (χ1n) is 5.98. The van der Waals surface area contributed by atoms with E-state index < -0.39 is 0 Å². The van der Waals surface area contributed by atoms with E-state index in [0.717, 1.165) is 5.82 Å². The average molecular weight is 272 g/mol. The van der Waals surface area contributed by atoms with E-state index in [-0.39, 0.29) is 17.3 Å². The number of ether oxygens (including phenoxy) is 1. The average Bonchev–Trinajstić information content (AvgIpc) is 2.72. The van der Waals surface area contributed by atoms with Gasteiger partial charge in [0.15, 0.2) is 5.16 Å². The molecule has 2 N–H and O–H groups in total. The molecule has 0 aromatic carbocycles. The Kier molecular flexibility index (Phi) is 5.61. The molecule has 1 aromatic heterocycles. The number of hydrogen-bond donors (Lipinski definition) is 1. The maximum atomic E-state index is 11.6. The second-order valence-electron chi connectivity index (χ2n) is 4.08. The highest BCUT2D eigenvalue weighted by Crippen LogP contribution is 2.25. The number of nitrogens with two attached hydrogens (primary N) is 1. The smallest absolute Gasteiger partial charge is 0.319 e. The molecule has 1 heterocycles. The van der Waals surface area contributed by atoms with Crippen LogP contribution in [0.1, 0.15) is 39.6 Å². The summed E-state index contributed by atoms with van der Waals surface area (Å²) in [5.74, 6) is 0.485. The summed E-state index contributed by atoms with van der Waals surface area (Å²) in [6, 6.07) is 0.204. The molecule has 0 aliphatic heterocycles. The molecule has 1 unspecified atom stereocenters. The second kappa shape index (κ2) is 6.75. The van der Waals surface area contributed by atoms with Gasteiger partial charge in [0.25, 0.3) is 0 Å². The van der Waals surface area contributed by atoms with E-state index in [9.17, 15) is 4.79 Å². The van der Waals surface area contributed by atoms with E-state index >= 15 is 0 Å². The van der Waals surface area contributed by atoms with Crippen LogP contribution >= 0.6 is 11.8 Å². The Morgan fingerprint density at radius 1 is 1.44 bits per heavy atom. The fourth-order valence-electron chi connectivity index (χ4n) is 1.51. The minimum absolute atomic E-state index is 0.204. The highest BCUT2D eigenvalue weighted by molar-refractivity contribution is 8.00. The van der Waals surface area contributed by atoms with Crippen molar-refractivity contribution in [3.05, 3.63) is 5.82 Å². The zero-order valence-electron chi connectivity index (χ0n) is 11.2. The summed E-state index contributed by atoms with van der Waals surface area (Å²) in [5, 5.41) is 8.50. The van der Waals surface area contributed by atoms with Gasteiger partial charge in [-0.05, 0) is 27.7 Å². The quantitative estimate of drug-likeness (QED) is 0.622. The van der Waals surface area contributed by atoms with E-state index in [1.165, 1.54) is 11.8 Å². The predicted molar refractivity (Wildman–Crippen MR) is 70.3 cm³/mol. The van der Waals surface area contributed by atoms with Crippen molar-refractivity contribution in [1.82, 2.24) is 14.8 Å². The molecule has 0 saturated heterocycles. The Balaban J connectivity index is 2.84. The molecule has 0 saturated carbocycles. The molecular weight excluding hydrogens is 252 g/mol. The van der Waals surface area contributed by atoms with Gasteiger partial charge in [0.1, 0.15) is 11.1 Å². The summed E-state index contributed by atoms with van der Waals surface area (Å²) in [5.41, 5.74) is 5.62. The summed E-state index contributed by atoms with van der Waals surface area (Å²) in [7, 11) is 0. The third-order valence-electron chi connectivity index (χ3n) is 2.33. The molecule has 0 bridgehead atoms. The fraction of sp³-hybridized carbons (Fsp3) is 0.727. The van der Waals surface area contributed by atoms with Crippen LogP contribution in [0.15, 0.2) is 5.16 Å². The summed E-state index contributed by atoms with van der Waals surface area (Å²) < 4.78 is 6.91. The lowest BCUT2D eigenvalue weighted by molar-refractivity contribution is -0.142. The van der Waals surface area contributed by atoms with Crippen LogP contribution in [0.4, 0.5) is 0 Å². The third-order valence-corrected chi connectivity index (χ3v) is 3.37. The Labute approximate surface area is 111 Å². The van der Waals surface area contributed by atoms with Crippen LogP contribution in [-0.4, -0.2) is 32.6 Å². The maximum absolute atomic E-state index is 11.6. The summed E-state index contributed by atoms with van der Waals surface area (Å²) in [4.78, 5) is 11.6. The number of carbonyl (C=O) groups excluding carboxylic acids is 1. The van der Waals surface area contributed by atoms with E-state index in [1.54, 1.807) is 13.8 Å². The van der Waals surface area contributed by atoms with E-state index in [2.05, 4.69) is 10.2 Å². The number of carbonyl (C=O) groups is 1. The SMILES string of the molecule is CCOC(=O)C(C)Sc1nnc(CN)n1C(C)C. The van der Waals surface area contributed by atoms with Gasteiger partial charge >= 0.3 is 5.97 Å². The summed E-state index contributed by atoms with van der Waals surface area (Å²) >= 11 is 1.34. The van der Waals surface area contributed by atoms with Gasteiger partial charge in [0, 0.05) is 6.04 Å². The minimum atomic E-state index is -0.308. The van der Waals surface area contributed by atoms with Crippen LogP contribution in [0, 0.1) is 0 Å². The Bertz CT molecular complexity index is 406. The molecule has 0 amide bonds. The third kappa shape index (κ3) is 3.46. The molecule has 0 aliphatic rings. The van der Waals surface area contributed by atoms with Crippen molar-refractivity contribution in [1.29, 1.82) is 0 Å². The molecular formula is C11H20N4O2S. The zero-order chi connectivity index (χ0) is 13.7. The first-order valence-corrected chi connectivity index (χ1v) is 6.86. The van der Waals surface area contributed by atoms with Crippen LogP contribution in [-0.2, 0) is 16.1 Å². The van der Waals surface area contributed by atoms with Gasteiger partial charge in [-0.1, -0.05) is 11.8 Å². The molecule has 1 rings (SSSR count). The second-order valence-corrected chi connectivity index (χ2v) is 5.39. The first-order chi connectivity index (χ1) is 8.51. The monoisotopic (exact) mass is 272 g/mol.